The molecular weight excluding hydrogens is 302 g/mol. The van der Waals surface area contributed by atoms with Gasteiger partial charge in [-0.3, -0.25) is 19.8 Å². The van der Waals surface area contributed by atoms with Gasteiger partial charge in [-0.05, 0) is 21.5 Å². The van der Waals surface area contributed by atoms with Gasteiger partial charge in [-0.25, -0.2) is 0 Å². The van der Waals surface area contributed by atoms with Gasteiger partial charge >= 0.3 is 0 Å². The van der Waals surface area contributed by atoms with Crippen LogP contribution in [0.2, 0.25) is 0 Å². The van der Waals surface area contributed by atoms with Crippen LogP contribution in [-0.4, -0.2) is 35.4 Å². The van der Waals surface area contributed by atoms with Crippen molar-refractivity contribution in [2.24, 2.45) is 0 Å². The van der Waals surface area contributed by atoms with E-state index in [0.29, 0.717) is 24.1 Å². The summed E-state index contributed by atoms with van der Waals surface area (Å²) < 4.78 is 0.487. The van der Waals surface area contributed by atoms with E-state index in [4.69, 9.17) is 0 Å². The largest absolute Gasteiger partial charge is 0.354 e. The van der Waals surface area contributed by atoms with Gasteiger partial charge in [0.2, 0.25) is 5.91 Å². The maximum absolute atomic E-state index is 11.3. The van der Waals surface area contributed by atoms with Crippen LogP contribution in [0, 0.1) is 10.1 Å². The number of rotatable bonds is 3. The lowest BCUT2D eigenvalue weighted by Gasteiger charge is -2.26. The summed E-state index contributed by atoms with van der Waals surface area (Å²) in [5, 5.41) is 13.6. The van der Waals surface area contributed by atoms with Crippen molar-refractivity contribution in [3.63, 3.8) is 0 Å². The van der Waals surface area contributed by atoms with E-state index in [0.717, 1.165) is 12.1 Å². The third-order valence-electron chi connectivity index (χ3n) is 2.77. The molecule has 1 aliphatic rings. The molecule has 7 heteroatoms. The molecule has 1 N–H and O–H groups in total. The number of amides is 1. The maximum Gasteiger partial charge on any atom is 0.283 e. The van der Waals surface area contributed by atoms with Crippen LogP contribution in [0.15, 0.2) is 22.7 Å². The molecule has 0 radical (unpaired) electrons. The Hall–Kier alpha value is -1.47. The Morgan fingerprint density at radius 2 is 2.28 bits per heavy atom. The molecule has 1 saturated heterocycles. The fourth-order valence-corrected chi connectivity index (χ4v) is 2.43. The van der Waals surface area contributed by atoms with Gasteiger partial charge in [-0.15, -0.1) is 0 Å². The van der Waals surface area contributed by atoms with E-state index in [1.165, 1.54) is 6.07 Å². The van der Waals surface area contributed by atoms with Gasteiger partial charge < -0.3 is 5.32 Å². The van der Waals surface area contributed by atoms with E-state index < -0.39 is 4.92 Å². The molecule has 0 aromatic heterocycles. The molecule has 1 fully saturated rings. The summed E-state index contributed by atoms with van der Waals surface area (Å²) in [7, 11) is 0. The minimum Gasteiger partial charge on any atom is -0.354 e. The number of nitro groups is 1. The van der Waals surface area contributed by atoms with E-state index in [1.54, 1.807) is 6.07 Å². The molecule has 1 aromatic rings. The molecule has 1 aromatic carbocycles. The van der Waals surface area contributed by atoms with Crippen molar-refractivity contribution >= 4 is 27.5 Å². The molecule has 0 bridgehead atoms. The van der Waals surface area contributed by atoms with Crippen LogP contribution in [0.4, 0.5) is 5.69 Å². The lowest BCUT2D eigenvalue weighted by atomic mass is 10.2. The molecule has 1 heterocycles. The van der Waals surface area contributed by atoms with E-state index in [1.807, 2.05) is 11.0 Å². The molecular formula is C11H12BrN3O3. The van der Waals surface area contributed by atoms with Crippen LogP contribution in [0.3, 0.4) is 0 Å². The van der Waals surface area contributed by atoms with Crippen LogP contribution in [0.5, 0.6) is 0 Å². The highest BCUT2D eigenvalue weighted by molar-refractivity contribution is 9.10. The predicted molar refractivity (Wildman–Crippen MR) is 69.1 cm³/mol. The van der Waals surface area contributed by atoms with Crippen LogP contribution in [-0.2, 0) is 11.3 Å². The topological polar surface area (TPSA) is 75.5 Å². The minimum absolute atomic E-state index is 0.0113. The molecule has 1 amide bonds. The monoisotopic (exact) mass is 313 g/mol. The first-order valence-electron chi connectivity index (χ1n) is 5.49. The quantitative estimate of drug-likeness (QED) is 0.674. The zero-order chi connectivity index (χ0) is 13.1. The Morgan fingerprint density at radius 3 is 2.94 bits per heavy atom. The lowest BCUT2D eigenvalue weighted by Crippen LogP contribution is -2.47. The normalized spacial score (nSPS) is 16.4. The third kappa shape index (κ3) is 2.85. The molecule has 0 spiro atoms. The summed E-state index contributed by atoms with van der Waals surface area (Å²) in [5.74, 6) is -0.0113. The number of nitrogens with zero attached hydrogens (tertiary/aromatic N) is 2. The number of nitro benzene ring substituents is 1. The Bertz CT molecular complexity index is 492. The van der Waals surface area contributed by atoms with Gasteiger partial charge in [-0.1, -0.05) is 12.1 Å². The zero-order valence-corrected chi connectivity index (χ0v) is 11.1. The van der Waals surface area contributed by atoms with Crippen LogP contribution >= 0.6 is 15.9 Å². The summed E-state index contributed by atoms with van der Waals surface area (Å²) in [6.45, 7) is 2.22. The second-order valence-electron chi connectivity index (χ2n) is 4.07. The second kappa shape index (κ2) is 5.45. The number of hydrogen-bond acceptors (Lipinski definition) is 4. The number of carbonyl (C=O) groups is 1. The predicted octanol–water partition coefficient (Wildman–Crippen LogP) is 1.29. The Kier molecular flexibility index (Phi) is 3.93. The standard InChI is InChI=1S/C11H12BrN3O3/c12-11-8(2-1-3-9(11)15(17)18)6-14-5-4-13-10(16)7-14/h1-3H,4-7H2,(H,13,16). The number of carbonyl (C=O) groups excluding carboxylic acids is 1. The van der Waals surface area contributed by atoms with Gasteiger partial charge in [0.05, 0.1) is 15.9 Å². The summed E-state index contributed by atoms with van der Waals surface area (Å²) in [6.07, 6.45) is 0. The SMILES string of the molecule is O=C1CN(Cc2cccc([N+](=O)[O-])c2Br)CCN1. The number of halogens is 1. The van der Waals surface area contributed by atoms with Crippen LogP contribution < -0.4 is 5.32 Å². The highest BCUT2D eigenvalue weighted by Gasteiger charge is 2.20. The first-order chi connectivity index (χ1) is 8.58. The van der Waals surface area contributed by atoms with E-state index in [2.05, 4.69) is 21.2 Å². The van der Waals surface area contributed by atoms with Gasteiger partial charge in [0.1, 0.15) is 0 Å². The molecule has 0 atom stereocenters. The van der Waals surface area contributed by atoms with Crippen molar-refractivity contribution < 1.29 is 9.72 Å². The fourth-order valence-electron chi connectivity index (χ4n) is 1.90. The molecule has 18 heavy (non-hydrogen) atoms. The molecule has 1 aliphatic heterocycles. The Labute approximate surface area is 112 Å². The van der Waals surface area contributed by atoms with Crippen LogP contribution in [0.25, 0.3) is 0 Å². The number of benzene rings is 1. The Morgan fingerprint density at radius 1 is 1.50 bits per heavy atom. The van der Waals surface area contributed by atoms with Crippen molar-refractivity contribution in [3.8, 4) is 0 Å². The maximum atomic E-state index is 11.3. The first kappa shape index (κ1) is 13.0. The summed E-state index contributed by atoms with van der Waals surface area (Å²) >= 11 is 3.25. The number of piperazine rings is 1. The highest BCUT2D eigenvalue weighted by atomic mass is 79.9. The van der Waals surface area contributed by atoms with E-state index >= 15 is 0 Å². The average molecular weight is 314 g/mol. The third-order valence-corrected chi connectivity index (χ3v) is 3.68. The molecule has 2 rings (SSSR count). The molecule has 96 valence electrons. The molecule has 6 nitrogen and oxygen atoms in total. The zero-order valence-electron chi connectivity index (χ0n) is 9.56. The lowest BCUT2D eigenvalue weighted by molar-refractivity contribution is -0.385. The van der Waals surface area contributed by atoms with Crippen LogP contribution in [0.1, 0.15) is 5.56 Å². The van der Waals surface area contributed by atoms with E-state index in [9.17, 15) is 14.9 Å². The average Bonchev–Trinajstić information content (AvgIpc) is 2.31. The molecule has 0 saturated carbocycles. The number of nitrogens with one attached hydrogen (secondary N) is 1. The van der Waals surface area contributed by atoms with Crippen molar-refractivity contribution in [2.45, 2.75) is 6.54 Å². The van der Waals surface area contributed by atoms with Gasteiger partial charge in [0, 0.05) is 25.7 Å². The fraction of sp³-hybridized carbons (Fsp3) is 0.364. The highest BCUT2D eigenvalue weighted by Crippen LogP contribution is 2.29. The van der Waals surface area contributed by atoms with Gasteiger partial charge in [-0.2, -0.15) is 0 Å². The summed E-state index contributed by atoms with van der Waals surface area (Å²) in [4.78, 5) is 23.6. The molecule has 0 unspecified atom stereocenters. The van der Waals surface area contributed by atoms with Crippen molar-refractivity contribution in [3.05, 3.63) is 38.3 Å². The van der Waals surface area contributed by atoms with Crippen molar-refractivity contribution in [1.82, 2.24) is 10.2 Å². The van der Waals surface area contributed by atoms with Crippen molar-refractivity contribution in [2.75, 3.05) is 19.6 Å². The molecule has 0 aliphatic carbocycles. The summed E-state index contributed by atoms with van der Waals surface area (Å²) in [6, 6.07) is 4.93. The Balaban J connectivity index is 2.16. The number of hydrogen-bond donors (Lipinski definition) is 1. The minimum atomic E-state index is -0.420. The second-order valence-corrected chi connectivity index (χ2v) is 4.86. The van der Waals surface area contributed by atoms with Gasteiger partial charge in [0.15, 0.2) is 0 Å². The smallest absolute Gasteiger partial charge is 0.283 e. The van der Waals surface area contributed by atoms with Crippen molar-refractivity contribution in [1.29, 1.82) is 0 Å². The summed E-state index contributed by atoms with van der Waals surface area (Å²) in [5.41, 5.74) is 0.868. The first-order valence-corrected chi connectivity index (χ1v) is 6.28. The van der Waals surface area contributed by atoms with Gasteiger partial charge in [0.25, 0.3) is 5.69 Å². The van der Waals surface area contributed by atoms with E-state index in [-0.39, 0.29) is 11.6 Å².